The maximum absolute atomic E-state index is 11.9. The lowest BCUT2D eigenvalue weighted by atomic mass is 10.0. The number of nitrogens with one attached hydrogen (secondary N) is 1. The lowest BCUT2D eigenvalue weighted by Crippen LogP contribution is -2.20. The lowest BCUT2D eigenvalue weighted by molar-refractivity contribution is -0.116. The molecule has 108 valence electrons. The Hall–Kier alpha value is -1.89. The Labute approximate surface area is 117 Å². The van der Waals surface area contributed by atoms with Gasteiger partial charge in [-0.05, 0) is 24.5 Å². The van der Waals surface area contributed by atoms with E-state index < -0.39 is 15.7 Å². The molecule has 0 aliphatic carbocycles. The van der Waals surface area contributed by atoms with Gasteiger partial charge in [0.25, 0.3) is 5.91 Å². The van der Waals surface area contributed by atoms with Crippen molar-refractivity contribution in [1.82, 2.24) is 0 Å². The summed E-state index contributed by atoms with van der Waals surface area (Å²) in [7, 11) is -2.99. The van der Waals surface area contributed by atoms with Gasteiger partial charge in [0.2, 0.25) is 5.91 Å². The Morgan fingerprint density at radius 1 is 1.30 bits per heavy atom. The molecule has 1 unspecified atom stereocenters. The fourth-order valence-corrected chi connectivity index (χ4v) is 4.17. The van der Waals surface area contributed by atoms with Gasteiger partial charge in [-0.25, -0.2) is 8.42 Å². The second-order valence-electron chi connectivity index (χ2n) is 4.93. The Bertz CT molecular complexity index is 640. The van der Waals surface area contributed by atoms with Crippen molar-refractivity contribution in [2.24, 2.45) is 11.7 Å². The van der Waals surface area contributed by atoms with E-state index in [4.69, 9.17) is 5.73 Å². The number of amides is 2. The van der Waals surface area contributed by atoms with Crippen LogP contribution < -0.4 is 11.1 Å². The van der Waals surface area contributed by atoms with Crippen molar-refractivity contribution in [3.63, 3.8) is 0 Å². The van der Waals surface area contributed by atoms with Gasteiger partial charge in [0, 0.05) is 6.42 Å². The SMILES string of the molecule is NC(=O)c1ccccc1NC(=O)CC1CCS(=O)(=O)C1. The number of sulfone groups is 1. The van der Waals surface area contributed by atoms with E-state index in [1.807, 2.05) is 0 Å². The number of carbonyl (C=O) groups is 2. The number of nitrogens with two attached hydrogens (primary N) is 1. The summed E-state index contributed by atoms with van der Waals surface area (Å²) in [4.78, 5) is 23.1. The van der Waals surface area contributed by atoms with Crippen LogP contribution in [0.15, 0.2) is 24.3 Å². The van der Waals surface area contributed by atoms with Gasteiger partial charge in [-0.1, -0.05) is 12.1 Å². The fraction of sp³-hybridized carbons (Fsp3) is 0.385. The first-order valence-corrected chi connectivity index (χ1v) is 8.08. The summed E-state index contributed by atoms with van der Waals surface area (Å²) in [5.41, 5.74) is 5.81. The average molecular weight is 296 g/mol. The van der Waals surface area contributed by atoms with Gasteiger partial charge in [0.1, 0.15) is 0 Å². The molecule has 0 saturated carbocycles. The quantitative estimate of drug-likeness (QED) is 0.846. The monoisotopic (exact) mass is 296 g/mol. The molecule has 1 aromatic rings. The Morgan fingerprint density at radius 2 is 2.00 bits per heavy atom. The molecule has 1 aliphatic rings. The largest absolute Gasteiger partial charge is 0.366 e. The maximum Gasteiger partial charge on any atom is 0.250 e. The third kappa shape index (κ3) is 3.57. The second-order valence-corrected chi connectivity index (χ2v) is 7.16. The third-order valence-corrected chi connectivity index (χ3v) is 5.10. The van der Waals surface area contributed by atoms with Crippen molar-refractivity contribution in [2.45, 2.75) is 12.8 Å². The zero-order chi connectivity index (χ0) is 14.8. The topological polar surface area (TPSA) is 106 Å². The Balaban J connectivity index is 2.01. The summed E-state index contributed by atoms with van der Waals surface area (Å²) in [5.74, 6) is -0.883. The first-order valence-electron chi connectivity index (χ1n) is 6.26. The van der Waals surface area contributed by atoms with E-state index in [-0.39, 0.29) is 35.3 Å². The van der Waals surface area contributed by atoms with Crippen molar-refractivity contribution in [2.75, 3.05) is 16.8 Å². The minimum Gasteiger partial charge on any atom is -0.366 e. The van der Waals surface area contributed by atoms with Crippen LogP contribution in [0.5, 0.6) is 0 Å². The van der Waals surface area contributed by atoms with Gasteiger partial charge in [0.15, 0.2) is 9.84 Å². The maximum atomic E-state index is 11.9. The van der Waals surface area contributed by atoms with Crippen LogP contribution in [0.25, 0.3) is 0 Å². The molecule has 1 saturated heterocycles. The number of rotatable bonds is 4. The number of primary amides is 1. The molecule has 0 radical (unpaired) electrons. The number of anilines is 1. The molecule has 2 amide bonds. The highest BCUT2D eigenvalue weighted by Crippen LogP contribution is 2.22. The van der Waals surface area contributed by atoms with E-state index in [0.29, 0.717) is 12.1 Å². The second kappa shape index (κ2) is 5.62. The fourth-order valence-electron chi connectivity index (χ4n) is 2.30. The molecule has 1 aliphatic heterocycles. The number of para-hydroxylation sites is 1. The summed E-state index contributed by atoms with van der Waals surface area (Å²) < 4.78 is 22.7. The average Bonchev–Trinajstić information content (AvgIpc) is 2.68. The number of hydrogen-bond donors (Lipinski definition) is 2. The summed E-state index contributed by atoms with van der Waals surface area (Å²) in [6.07, 6.45) is 0.638. The van der Waals surface area contributed by atoms with Gasteiger partial charge in [-0.15, -0.1) is 0 Å². The van der Waals surface area contributed by atoms with Gasteiger partial charge >= 0.3 is 0 Å². The first kappa shape index (κ1) is 14.5. The van der Waals surface area contributed by atoms with Crippen LogP contribution in [-0.4, -0.2) is 31.7 Å². The Morgan fingerprint density at radius 3 is 2.60 bits per heavy atom. The van der Waals surface area contributed by atoms with Crippen LogP contribution in [0.1, 0.15) is 23.2 Å². The van der Waals surface area contributed by atoms with E-state index in [1.54, 1.807) is 18.2 Å². The molecule has 1 heterocycles. The third-order valence-electron chi connectivity index (χ3n) is 3.27. The Kier molecular flexibility index (Phi) is 4.08. The highest BCUT2D eigenvalue weighted by molar-refractivity contribution is 7.91. The first-order chi connectivity index (χ1) is 9.37. The van der Waals surface area contributed by atoms with E-state index in [9.17, 15) is 18.0 Å². The van der Waals surface area contributed by atoms with E-state index >= 15 is 0 Å². The van der Waals surface area contributed by atoms with E-state index in [1.165, 1.54) is 6.07 Å². The van der Waals surface area contributed by atoms with Crippen LogP contribution >= 0.6 is 0 Å². The van der Waals surface area contributed by atoms with Crippen LogP contribution in [-0.2, 0) is 14.6 Å². The number of hydrogen-bond acceptors (Lipinski definition) is 4. The molecule has 7 heteroatoms. The van der Waals surface area contributed by atoms with E-state index in [0.717, 1.165) is 0 Å². The summed E-state index contributed by atoms with van der Waals surface area (Å²) in [6.45, 7) is 0. The molecule has 3 N–H and O–H groups in total. The van der Waals surface area contributed by atoms with Crippen molar-refractivity contribution in [3.05, 3.63) is 29.8 Å². The molecule has 0 bridgehead atoms. The number of carbonyl (C=O) groups excluding carboxylic acids is 2. The molecule has 2 rings (SSSR count). The smallest absolute Gasteiger partial charge is 0.250 e. The van der Waals surface area contributed by atoms with Crippen LogP contribution in [0.4, 0.5) is 5.69 Å². The minimum absolute atomic E-state index is 0.0535. The molecular formula is C13H16N2O4S. The van der Waals surface area contributed by atoms with Crippen molar-refractivity contribution < 1.29 is 18.0 Å². The van der Waals surface area contributed by atoms with Gasteiger partial charge in [-0.3, -0.25) is 9.59 Å². The summed E-state index contributed by atoms with van der Waals surface area (Å²) >= 11 is 0. The standard InChI is InChI=1S/C13H16N2O4S/c14-13(17)10-3-1-2-4-11(10)15-12(16)7-9-5-6-20(18,19)8-9/h1-4,9H,5-8H2,(H2,14,17)(H,15,16). The minimum atomic E-state index is -2.99. The highest BCUT2D eigenvalue weighted by Gasteiger charge is 2.29. The van der Waals surface area contributed by atoms with Crippen LogP contribution in [0.3, 0.4) is 0 Å². The number of benzene rings is 1. The van der Waals surface area contributed by atoms with Gasteiger partial charge in [-0.2, -0.15) is 0 Å². The molecule has 6 nitrogen and oxygen atoms in total. The predicted molar refractivity (Wildman–Crippen MR) is 75.0 cm³/mol. The highest BCUT2D eigenvalue weighted by atomic mass is 32.2. The van der Waals surface area contributed by atoms with Crippen molar-refractivity contribution >= 4 is 27.3 Å². The van der Waals surface area contributed by atoms with Crippen molar-refractivity contribution in [3.8, 4) is 0 Å². The lowest BCUT2D eigenvalue weighted by Gasteiger charge is -2.11. The molecule has 1 fully saturated rings. The van der Waals surface area contributed by atoms with Gasteiger partial charge in [0.05, 0.1) is 22.8 Å². The molecule has 0 spiro atoms. The van der Waals surface area contributed by atoms with Crippen LogP contribution in [0.2, 0.25) is 0 Å². The normalized spacial score (nSPS) is 20.5. The summed E-state index contributed by atoms with van der Waals surface area (Å²) in [5, 5.41) is 2.61. The zero-order valence-electron chi connectivity index (χ0n) is 10.8. The summed E-state index contributed by atoms with van der Waals surface area (Å²) in [6, 6.07) is 6.45. The molecule has 20 heavy (non-hydrogen) atoms. The molecule has 0 aromatic heterocycles. The predicted octanol–water partition coefficient (Wildman–Crippen LogP) is 0.549. The zero-order valence-corrected chi connectivity index (χ0v) is 11.7. The van der Waals surface area contributed by atoms with Crippen LogP contribution in [0, 0.1) is 5.92 Å². The molecular weight excluding hydrogens is 280 g/mol. The van der Waals surface area contributed by atoms with Gasteiger partial charge < -0.3 is 11.1 Å². The van der Waals surface area contributed by atoms with E-state index in [2.05, 4.69) is 5.32 Å². The molecule has 1 atom stereocenters. The molecule has 1 aromatic carbocycles. The van der Waals surface area contributed by atoms with Crippen molar-refractivity contribution in [1.29, 1.82) is 0 Å².